The van der Waals surface area contributed by atoms with Gasteiger partial charge in [0.2, 0.25) is 10.0 Å². The van der Waals surface area contributed by atoms with E-state index in [1.54, 1.807) is 12.3 Å². The second-order valence-corrected chi connectivity index (χ2v) is 8.93. The van der Waals surface area contributed by atoms with Crippen LogP contribution in [-0.4, -0.2) is 37.5 Å². The number of rotatable bonds is 6. The lowest BCUT2D eigenvalue weighted by Gasteiger charge is -2.21. The average molecular weight is 394 g/mol. The van der Waals surface area contributed by atoms with Crippen LogP contribution in [0.2, 0.25) is 0 Å². The molecule has 0 aromatic carbocycles. The Balaban J connectivity index is 2.12. The molecule has 0 saturated carbocycles. The second kappa shape index (κ2) is 7.80. The van der Waals surface area contributed by atoms with Crippen LogP contribution in [0, 0.1) is 0 Å². The maximum absolute atomic E-state index is 12.5. The fourth-order valence-corrected chi connectivity index (χ4v) is 5.24. The summed E-state index contributed by atoms with van der Waals surface area (Å²) in [6.07, 6.45) is 5.08. The fourth-order valence-electron chi connectivity index (χ4n) is 2.17. The Morgan fingerprint density at radius 2 is 2.29 bits per heavy atom. The van der Waals surface area contributed by atoms with Crippen molar-refractivity contribution in [1.29, 1.82) is 0 Å². The van der Waals surface area contributed by atoms with Crippen molar-refractivity contribution in [2.45, 2.75) is 36.3 Å². The van der Waals surface area contributed by atoms with E-state index in [2.05, 4.69) is 31.0 Å². The van der Waals surface area contributed by atoms with Crippen LogP contribution < -0.4 is 10.0 Å². The van der Waals surface area contributed by atoms with Crippen molar-refractivity contribution < 1.29 is 8.42 Å². The molecule has 1 atom stereocenters. The van der Waals surface area contributed by atoms with Gasteiger partial charge in [-0.05, 0) is 47.5 Å². The first kappa shape index (κ1) is 17.1. The molecular formula is C13H20BrN3O2S2. The zero-order valence-electron chi connectivity index (χ0n) is 11.9. The molecule has 8 heteroatoms. The topological polar surface area (TPSA) is 71.1 Å². The van der Waals surface area contributed by atoms with Gasteiger partial charge in [0, 0.05) is 29.0 Å². The van der Waals surface area contributed by atoms with E-state index in [-0.39, 0.29) is 4.90 Å². The van der Waals surface area contributed by atoms with Gasteiger partial charge in [-0.3, -0.25) is 0 Å². The molecule has 1 aromatic rings. The molecule has 5 nitrogen and oxygen atoms in total. The summed E-state index contributed by atoms with van der Waals surface area (Å²) < 4.78 is 28.4. The van der Waals surface area contributed by atoms with Crippen molar-refractivity contribution in [3.05, 3.63) is 16.7 Å². The Labute approximate surface area is 138 Å². The minimum atomic E-state index is -3.55. The number of nitrogens with zero attached hydrogens (tertiary/aromatic N) is 1. The van der Waals surface area contributed by atoms with Gasteiger partial charge >= 0.3 is 0 Å². The van der Waals surface area contributed by atoms with Gasteiger partial charge < -0.3 is 5.32 Å². The third-order valence-corrected chi connectivity index (χ3v) is 6.50. The quantitative estimate of drug-likeness (QED) is 0.777. The Kier molecular flexibility index (Phi) is 6.34. The van der Waals surface area contributed by atoms with E-state index in [1.807, 2.05) is 18.7 Å². The largest absolute Gasteiger partial charge is 0.369 e. The van der Waals surface area contributed by atoms with Crippen LogP contribution in [0.5, 0.6) is 0 Å². The minimum Gasteiger partial charge on any atom is -0.369 e. The lowest BCUT2D eigenvalue weighted by atomic mass is 10.2. The minimum absolute atomic E-state index is 0.194. The molecule has 2 rings (SSSR count). The van der Waals surface area contributed by atoms with Gasteiger partial charge in [-0.25, -0.2) is 18.1 Å². The van der Waals surface area contributed by atoms with Gasteiger partial charge in [0.05, 0.1) is 0 Å². The van der Waals surface area contributed by atoms with Crippen molar-refractivity contribution in [2.24, 2.45) is 0 Å². The van der Waals surface area contributed by atoms with Crippen LogP contribution >= 0.6 is 27.7 Å². The molecule has 0 bridgehead atoms. The van der Waals surface area contributed by atoms with Gasteiger partial charge in [0.25, 0.3) is 0 Å². The van der Waals surface area contributed by atoms with Crippen molar-refractivity contribution in [2.75, 3.05) is 24.2 Å². The molecule has 0 radical (unpaired) electrons. The van der Waals surface area contributed by atoms with E-state index in [1.165, 1.54) is 12.8 Å². The molecule has 0 amide bonds. The van der Waals surface area contributed by atoms with E-state index in [0.29, 0.717) is 28.6 Å². The zero-order chi connectivity index (χ0) is 15.3. The smallest absolute Gasteiger partial charge is 0.244 e. The lowest BCUT2D eigenvalue weighted by Crippen LogP contribution is -2.32. The summed E-state index contributed by atoms with van der Waals surface area (Å²) in [5.41, 5.74) is 0. The maximum atomic E-state index is 12.5. The lowest BCUT2D eigenvalue weighted by molar-refractivity contribution is 0.573. The summed E-state index contributed by atoms with van der Waals surface area (Å²) in [7, 11) is -3.55. The first-order valence-corrected chi connectivity index (χ1v) is 10.4. The van der Waals surface area contributed by atoms with Gasteiger partial charge in [0.15, 0.2) is 0 Å². The molecule has 0 spiro atoms. The zero-order valence-corrected chi connectivity index (χ0v) is 15.2. The van der Waals surface area contributed by atoms with E-state index >= 15 is 0 Å². The molecule has 2 N–H and O–H groups in total. The summed E-state index contributed by atoms with van der Waals surface area (Å²) in [4.78, 5) is 4.34. The predicted molar refractivity (Wildman–Crippen MR) is 91.4 cm³/mol. The number of pyridine rings is 1. The second-order valence-electron chi connectivity index (χ2n) is 4.87. The highest BCUT2D eigenvalue weighted by Crippen LogP contribution is 2.26. The Bertz CT molecular complexity index is 575. The highest BCUT2D eigenvalue weighted by atomic mass is 79.9. The number of hydrogen-bond acceptors (Lipinski definition) is 5. The van der Waals surface area contributed by atoms with Crippen molar-refractivity contribution in [3.8, 4) is 0 Å². The average Bonchev–Trinajstić information content (AvgIpc) is 2.48. The molecule has 1 unspecified atom stereocenters. The van der Waals surface area contributed by atoms with E-state index in [0.717, 1.165) is 12.2 Å². The molecule has 2 heterocycles. The molecule has 21 heavy (non-hydrogen) atoms. The van der Waals surface area contributed by atoms with Crippen LogP contribution in [0.15, 0.2) is 21.6 Å². The molecule has 1 fully saturated rings. The van der Waals surface area contributed by atoms with Crippen molar-refractivity contribution in [3.63, 3.8) is 0 Å². The normalized spacial score (nSPS) is 19.4. The number of aromatic nitrogens is 1. The molecule has 1 aliphatic rings. The SMILES string of the molecule is CCNc1ncc(Br)cc1S(=O)(=O)NCC1CCCCS1. The highest BCUT2D eigenvalue weighted by molar-refractivity contribution is 9.10. The summed E-state index contributed by atoms with van der Waals surface area (Å²) in [5, 5.41) is 3.36. The standard InChI is InChI=1S/C13H20BrN3O2S2/c1-2-15-13-12(7-10(14)8-16-13)21(18,19)17-9-11-5-3-4-6-20-11/h7-8,11,17H,2-6,9H2,1H3,(H,15,16). The van der Waals surface area contributed by atoms with E-state index in [9.17, 15) is 8.42 Å². The Morgan fingerprint density at radius 3 is 2.95 bits per heavy atom. The fraction of sp³-hybridized carbons (Fsp3) is 0.615. The summed E-state index contributed by atoms with van der Waals surface area (Å²) in [6, 6.07) is 1.58. The van der Waals surface area contributed by atoms with Gasteiger partial charge in [-0.15, -0.1) is 0 Å². The van der Waals surface area contributed by atoms with Gasteiger partial charge in [0.1, 0.15) is 10.7 Å². The maximum Gasteiger partial charge on any atom is 0.244 e. The third-order valence-electron chi connectivity index (χ3n) is 3.23. The van der Waals surface area contributed by atoms with Gasteiger partial charge in [-0.1, -0.05) is 6.42 Å². The van der Waals surface area contributed by atoms with E-state index < -0.39 is 10.0 Å². The Hall–Kier alpha value is -0.310. The number of thioether (sulfide) groups is 1. The molecule has 1 aromatic heterocycles. The summed E-state index contributed by atoms with van der Waals surface area (Å²) in [5.74, 6) is 1.51. The first-order valence-electron chi connectivity index (χ1n) is 7.03. The summed E-state index contributed by atoms with van der Waals surface area (Å²) in [6.45, 7) is 3.01. The predicted octanol–water partition coefficient (Wildman–Crippen LogP) is 2.84. The first-order chi connectivity index (χ1) is 10.0. The Morgan fingerprint density at radius 1 is 1.48 bits per heavy atom. The number of nitrogens with one attached hydrogen (secondary N) is 2. The molecule has 1 aliphatic heterocycles. The number of halogens is 1. The number of sulfonamides is 1. The van der Waals surface area contributed by atoms with Crippen molar-refractivity contribution in [1.82, 2.24) is 9.71 Å². The summed E-state index contributed by atoms with van der Waals surface area (Å²) >= 11 is 5.13. The number of anilines is 1. The molecule has 0 aliphatic carbocycles. The molecular weight excluding hydrogens is 374 g/mol. The van der Waals surface area contributed by atoms with Crippen LogP contribution in [0.4, 0.5) is 5.82 Å². The van der Waals surface area contributed by atoms with E-state index in [4.69, 9.17) is 0 Å². The monoisotopic (exact) mass is 393 g/mol. The van der Waals surface area contributed by atoms with Crippen LogP contribution in [0.3, 0.4) is 0 Å². The van der Waals surface area contributed by atoms with Crippen LogP contribution in [-0.2, 0) is 10.0 Å². The third kappa shape index (κ3) is 4.84. The van der Waals surface area contributed by atoms with Gasteiger partial charge in [-0.2, -0.15) is 11.8 Å². The van der Waals surface area contributed by atoms with Crippen LogP contribution in [0.1, 0.15) is 26.2 Å². The van der Waals surface area contributed by atoms with Crippen LogP contribution in [0.25, 0.3) is 0 Å². The molecule has 1 saturated heterocycles. The molecule has 118 valence electrons. The van der Waals surface area contributed by atoms with Crippen molar-refractivity contribution >= 4 is 43.5 Å². The number of hydrogen-bond donors (Lipinski definition) is 2. The highest BCUT2D eigenvalue weighted by Gasteiger charge is 2.22.